The van der Waals surface area contributed by atoms with E-state index in [0.29, 0.717) is 34.9 Å². The zero-order valence-corrected chi connectivity index (χ0v) is 14.3. The summed E-state index contributed by atoms with van der Waals surface area (Å²) in [7, 11) is 0. The van der Waals surface area contributed by atoms with Crippen molar-refractivity contribution in [2.45, 2.75) is 26.9 Å². The van der Waals surface area contributed by atoms with Crippen LogP contribution in [0.3, 0.4) is 0 Å². The van der Waals surface area contributed by atoms with E-state index in [9.17, 15) is 0 Å². The van der Waals surface area contributed by atoms with Crippen molar-refractivity contribution in [3.05, 3.63) is 58.1 Å². The molecular formula is C18H20Cl2O2. The van der Waals surface area contributed by atoms with E-state index in [4.69, 9.17) is 32.7 Å². The van der Waals surface area contributed by atoms with Crippen LogP contribution in [-0.4, -0.2) is 6.61 Å². The molecule has 0 N–H and O–H groups in total. The fourth-order valence-corrected chi connectivity index (χ4v) is 2.14. The Bertz CT molecular complexity index is 597. The van der Waals surface area contributed by atoms with Gasteiger partial charge in [0.25, 0.3) is 0 Å². The van der Waals surface area contributed by atoms with Gasteiger partial charge in [0.15, 0.2) is 0 Å². The molecule has 2 aromatic rings. The van der Waals surface area contributed by atoms with E-state index in [2.05, 4.69) is 13.8 Å². The molecule has 0 fully saturated rings. The summed E-state index contributed by atoms with van der Waals surface area (Å²) in [6.07, 6.45) is 1.09. The highest BCUT2D eigenvalue weighted by atomic mass is 35.5. The number of halogens is 2. The maximum Gasteiger partial charge on any atom is 0.138 e. The molecule has 4 heteroatoms. The van der Waals surface area contributed by atoms with E-state index < -0.39 is 0 Å². The van der Waals surface area contributed by atoms with Crippen molar-refractivity contribution in [2.24, 2.45) is 5.92 Å². The van der Waals surface area contributed by atoms with Crippen LogP contribution < -0.4 is 9.47 Å². The van der Waals surface area contributed by atoms with E-state index >= 15 is 0 Å². The standard InChI is InChI=1S/C18H20Cl2O2/c1-3-13(2)11-21-16-8-9-18(17(20)10-16)22-12-14-4-6-15(19)7-5-14/h4-10,13H,3,11-12H2,1-2H3. The van der Waals surface area contributed by atoms with Gasteiger partial charge < -0.3 is 9.47 Å². The van der Waals surface area contributed by atoms with E-state index in [1.807, 2.05) is 36.4 Å². The molecule has 0 aliphatic carbocycles. The molecule has 0 saturated carbocycles. The highest BCUT2D eigenvalue weighted by molar-refractivity contribution is 6.32. The van der Waals surface area contributed by atoms with Crippen LogP contribution in [0.15, 0.2) is 42.5 Å². The average Bonchev–Trinajstić information content (AvgIpc) is 2.53. The minimum absolute atomic E-state index is 0.448. The van der Waals surface area contributed by atoms with E-state index in [-0.39, 0.29) is 0 Å². The molecule has 0 heterocycles. The molecule has 1 unspecified atom stereocenters. The topological polar surface area (TPSA) is 18.5 Å². The van der Waals surface area contributed by atoms with Crippen molar-refractivity contribution in [2.75, 3.05) is 6.61 Å². The van der Waals surface area contributed by atoms with Gasteiger partial charge >= 0.3 is 0 Å². The van der Waals surface area contributed by atoms with Crippen LogP contribution in [0.5, 0.6) is 11.5 Å². The van der Waals surface area contributed by atoms with Gasteiger partial charge in [0.05, 0.1) is 11.6 Å². The van der Waals surface area contributed by atoms with Gasteiger partial charge in [-0.1, -0.05) is 55.6 Å². The summed E-state index contributed by atoms with van der Waals surface area (Å²) in [5, 5.41) is 1.26. The Hall–Kier alpha value is -1.38. The van der Waals surface area contributed by atoms with E-state index in [1.165, 1.54) is 0 Å². The van der Waals surface area contributed by atoms with Gasteiger partial charge in [0.1, 0.15) is 18.1 Å². The Balaban J connectivity index is 1.93. The minimum Gasteiger partial charge on any atom is -0.493 e. The SMILES string of the molecule is CCC(C)COc1ccc(OCc2ccc(Cl)cc2)c(Cl)c1. The fraction of sp³-hybridized carbons (Fsp3) is 0.333. The maximum absolute atomic E-state index is 6.24. The Morgan fingerprint density at radius 1 is 1.00 bits per heavy atom. The van der Waals surface area contributed by atoms with Crippen LogP contribution in [0.2, 0.25) is 10.0 Å². The number of ether oxygens (including phenoxy) is 2. The quantitative estimate of drug-likeness (QED) is 0.616. The third-order valence-electron chi connectivity index (χ3n) is 3.44. The second-order valence-electron chi connectivity index (χ2n) is 5.33. The molecular weight excluding hydrogens is 319 g/mol. The van der Waals surface area contributed by atoms with Gasteiger partial charge in [-0.3, -0.25) is 0 Å². The molecule has 2 aromatic carbocycles. The number of hydrogen-bond acceptors (Lipinski definition) is 2. The van der Waals surface area contributed by atoms with Gasteiger partial charge in [0, 0.05) is 11.1 Å². The summed E-state index contributed by atoms with van der Waals surface area (Å²) in [4.78, 5) is 0. The Morgan fingerprint density at radius 2 is 1.73 bits per heavy atom. The molecule has 0 radical (unpaired) electrons. The molecule has 0 spiro atoms. The average molecular weight is 339 g/mol. The van der Waals surface area contributed by atoms with Crippen LogP contribution in [0.1, 0.15) is 25.8 Å². The van der Waals surface area contributed by atoms with Crippen molar-refractivity contribution in [1.29, 1.82) is 0 Å². The van der Waals surface area contributed by atoms with Gasteiger partial charge in [-0.05, 0) is 35.7 Å². The van der Waals surface area contributed by atoms with E-state index in [1.54, 1.807) is 6.07 Å². The maximum atomic E-state index is 6.24. The molecule has 22 heavy (non-hydrogen) atoms. The van der Waals surface area contributed by atoms with Crippen molar-refractivity contribution >= 4 is 23.2 Å². The van der Waals surface area contributed by atoms with Crippen LogP contribution in [0, 0.1) is 5.92 Å². The van der Waals surface area contributed by atoms with Crippen LogP contribution in [-0.2, 0) is 6.61 Å². The van der Waals surface area contributed by atoms with Gasteiger partial charge in [-0.25, -0.2) is 0 Å². The lowest BCUT2D eigenvalue weighted by Crippen LogP contribution is -2.07. The lowest BCUT2D eigenvalue weighted by atomic mass is 10.1. The first-order valence-electron chi connectivity index (χ1n) is 7.38. The molecule has 2 nitrogen and oxygen atoms in total. The normalized spacial score (nSPS) is 12.0. The summed E-state index contributed by atoms with van der Waals surface area (Å²) in [5.74, 6) is 1.94. The monoisotopic (exact) mass is 338 g/mol. The highest BCUT2D eigenvalue weighted by Gasteiger charge is 2.06. The smallest absolute Gasteiger partial charge is 0.138 e. The second-order valence-corrected chi connectivity index (χ2v) is 6.18. The van der Waals surface area contributed by atoms with Crippen LogP contribution in [0.4, 0.5) is 0 Å². The third-order valence-corrected chi connectivity index (χ3v) is 3.99. The molecule has 0 amide bonds. The summed E-state index contributed by atoms with van der Waals surface area (Å²) < 4.78 is 11.4. The Morgan fingerprint density at radius 3 is 2.36 bits per heavy atom. The predicted molar refractivity (Wildman–Crippen MR) is 92.2 cm³/mol. The summed E-state index contributed by atoms with van der Waals surface area (Å²) in [6, 6.07) is 13.1. The van der Waals surface area contributed by atoms with Crippen molar-refractivity contribution in [3.63, 3.8) is 0 Å². The summed E-state index contributed by atoms with van der Waals surface area (Å²) in [6.45, 7) is 5.45. The highest BCUT2D eigenvalue weighted by Crippen LogP contribution is 2.29. The molecule has 0 aliphatic heterocycles. The lowest BCUT2D eigenvalue weighted by Gasteiger charge is -2.13. The van der Waals surface area contributed by atoms with E-state index in [0.717, 1.165) is 17.7 Å². The van der Waals surface area contributed by atoms with Crippen LogP contribution >= 0.6 is 23.2 Å². The Kier molecular flexibility index (Phi) is 6.41. The first-order valence-corrected chi connectivity index (χ1v) is 8.13. The van der Waals surface area contributed by atoms with Gasteiger partial charge in [0.2, 0.25) is 0 Å². The predicted octanol–water partition coefficient (Wildman–Crippen LogP) is 6.00. The largest absolute Gasteiger partial charge is 0.493 e. The second kappa shape index (κ2) is 8.30. The van der Waals surface area contributed by atoms with Crippen molar-refractivity contribution in [3.8, 4) is 11.5 Å². The number of rotatable bonds is 7. The van der Waals surface area contributed by atoms with Crippen LogP contribution in [0.25, 0.3) is 0 Å². The molecule has 118 valence electrons. The summed E-state index contributed by atoms with van der Waals surface area (Å²) in [5.41, 5.74) is 1.04. The van der Waals surface area contributed by atoms with Crippen molar-refractivity contribution in [1.82, 2.24) is 0 Å². The summed E-state index contributed by atoms with van der Waals surface area (Å²) >= 11 is 12.1. The van der Waals surface area contributed by atoms with Gasteiger partial charge in [-0.15, -0.1) is 0 Å². The van der Waals surface area contributed by atoms with Crippen molar-refractivity contribution < 1.29 is 9.47 Å². The molecule has 0 aliphatic rings. The zero-order chi connectivity index (χ0) is 15.9. The lowest BCUT2D eigenvalue weighted by molar-refractivity contribution is 0.255. The molecule has 0 saturated heterocycles. The zero-order valence-electron chi connectivity index (χ0n) is 12.8. The molecule has 2 rings (SSSR count). The Labute approximate surface area is 142 Å². The van der Waals surface area contributed by atoms with Gasteiger partial charge in [-0.2, -0.15) is 0 Å². The third kappa shape index (κ3) is 5.11. The molecule has 0 bridgehead atoms. The number of benzene rings is 2. The number of hydrogen-bond donors (Lipinski definition) is 0. The minimum atomic E-state index is 0.448. The first kappa shape index (κ1) is 17.0. The molecule has 1 atom stereocenters. The fourth-order valence-electron chi connectivity index (χ4n) is 1.79. The molecule has 0 aromatic heterocycles. The first-order chi connectivity index (χ1) is 10.6.